The van der Waals surface area contributed by atoms with Crippen LogP contribution in [0.25, 0.3) is 6.08 Å². The molecule has 0 aliphatic carbocycles. The minimum absolute atomic E-state index is 0.398. The molecule has 0 saturated heterocycles. The van der Waals surface area contributed by atoms with Crippen LogP contribution in [-0.2, 0) is 14.3 Å². The van der Waals surface area contributed by atoms with E-state index in [9.17, 15) is 9.59 Å². The van der Waals surface area contributed by atoms with Crippen molar-refractivity contribution >= 4 is 23.6 Å². The fraction of sp³-hybridized carbons (Fsp3) is 0.273. The molecule has 0 heterocycles. The van der Waals surface area contributed by atoms with E-state index in [2.05, 4.69) is 19.2 Å². The van der Waals surface area contributed by atoms with Crippen LogP contribution in [0.4, 0.5) is 5.69 Å². The van der Waals surface area contributed by atoms with Gasteiger partial charge in [-0.3, -0.25) is 4.79 Å². The van der Waals surface area contributed by atoms with Crippen LogP contribution >= 0.6 is 0 Å². The van der Waals surface area contributed by atoms with Gasteiger partial charge in [-0.2, -0.15) is 0 Å². The second kappa shape index (κ2) is 10.2. The van der Waals surface area contributed by atoms with Gasteiger partial charge in [0.2, 0.25) is 0 Å². The number of ether oxygens (including phenoxy) is 3. The summed E-state index contributed by atoms with van der Waals surface area (Å²) >= 11 is 0. The molecule has 2 aromatic carbocycles. The van der Waals surface area contributed by atoms with Gasteiger partial charge in [-0.15, -0.1) is 0 Å². The Hall–Kier alpha value is -3.28. The van der Waals surface area contributed by atoms with Crippen molar-refractivity contribution in [2.45, 2.75) is 19.8 Å². The molecule has 0 aromatic heterocycles. The summed E-state index contributed by atoms with van der Waals surface area (Å²) in [5.41, 5.74) is 2.57. The lowest BCUT2D eigenvalue weighted by Gasteiger charge is -2.11. The molecule has 6 nitrogen and oxygen atoms in total. The van der Waals surface area contributed by atoms with Crippen LogP contribution in [0, 0.1) is 0 Å². The molecular weight excluding hydrogens is 358 g/mol. The summed E-state index contributed by atoms with van der Waals surface area (Å²) in [6.45, 7) is 3.84. The van der Waals surface area contributed by atoms with Crippen molar-refractivity contribution in [3.05, 3.63) is 59.7 Å². The Balaban J connectivity index is 1.86. The number of methoxy groups -OCH3 is 2. The lowest BCUT2D eigenvalue weighted by atomic mass is 10.0. The average molecular weight is 383 g/mol. The van der Waals surface area contributed by atoms with Crippen molar-refractivity contribution in [1.29, 1.82) is 0 Å². The zero-order chi connectivity index (χ0) is 20.5. The van der Waals surface area contributed by atoms with Gasteiger partial charge in [-0.1, -0.05) is 38.1 Å². The van der Waals surface area contributed by atoms with Crippen molar-refractivity contribution in [1.82, 2.24) is 0 Å². The maximum Gasteiger partial charge on any atom is 0.331 e. The quantitative estimate of drug-likeness (QED) is 0.550. The van der Waals surface area contributed by atoms with Crippen LogP contribution in [0.3, 0.4) is 0 Å². The number of carbonyl (C=O) groups is 2. The second-order valence-corrected chi connectivity index (χ2v) is 6.38. The number of carbonyl (C=O) groups excluding carboxylic acids is 2. The summed E-state index contributed by atoms with van der Waals surface area (Å²) in [5.74, 6) is 0.443. The minimum atomic E-state index is -0.593. The normalized spacial score (nSPS) is 10.8. The predicted molar refractivity (Wildman–Crippen MR) is 109 cm³/mol. The van der Waals surface area contributed by atoms with E-state index in [1.807, 2.05) is 24.3 Å². The van der Waals surface area contributed by atoms with Gasteiger partial charge < -0.3 is 19.5 Å². The van der Waals surface area contributed by atoms with Crippen LogP contribution < -0.4 is 14.8 Å². The van der Waals surface area contributed by atoms with Gasteiger partial charge in [0.25, 0.3) is 5.91 Å². The standard InChI is InChI=1S/C22H25NO5/c1-15(2)17-8-5-16(6-9-17)7-12-22(25)28-14-21(24)23-19-11-10-18(26-3)13-20(19)27-4/h5-13,15H,14H2,1-4H3,(H,23,24)/b12-7+. The third-order valence-corrected chi connectivity index (χ3v) is 4.04. The van der Waals surface area contributed by atoms with E-state index in [-0.39, 0.29) is 0 Å². The molecule has 0 radical (unpaired) electrons. The number of nitrogens with one attached hydrogen (secondary N) is 1. The van der Waals surface area contributed by atoms with Crippen molar-refractivity contribution in [3.8, 4) is 11.5 Å². The minimum Gasteiger partial charge on any atom is -0.497 e. The Labute approximate surface area is 165 Å². The highest BCUT2D eigenvalue weighted by molar-refractivity contribution is 5.95. The summed E-state index contributed by atoms with van der Waals surface area (Å²) in [6.07, 6.45) is 2.95. The topological polar surface area (TPSA) is 73.9 Å². The van der Waals surface area contributed by atoms with Crippen LogP contribution in [0.15, 0.2) is 48.5 Å². The van der Waals surface area contributed by atoms with Crippen molar-refractivity contribution in [3.63, 3.8) is 0 Å². The molecule has 2 rings (SSSR count). The molecule has 0 fully saturated rings. The second-order valence-electron chi connectivity index (χ2n) is 6.38. The SMILES string of the molecule is COc1ccc(NC(=O)COC(=O)/C=C/c2ccc(C(C)C)cc2)c(OC)c1. The Morgan fingerprint density at radius 3 is 2.36 bits per heavy atom. The molecule has 1 amide bonds. The van der Waals surface area contributed by atoms with Crippen LogP contribution in [0.1, 0.15) is 30.9 Å². The lowest BCUT2D eigenvalue weighted by Crippen LogP contribution is -2.20. The number of rotatable bonds is 8. The summed E-state index contributed by atoms with van der Waals surface area (Å²) in [6, 6.07) is 12.9. The van der Waals surface area contributed by atoms with E-state index in [1.165, 1.54) is 18.7 Å². The molecule has 6 heteroatoms. The molecule has 0 spiro atoms. The number of hydrogen-bond acceptors (Lipinski definition) is 5. The molecule has 2 aromatic rings. The molecule has 0 aliphatic rings. The van der Waals surface area contributed by atoms with Gasteiger partial charge in [0.15, 0.2) is 6.61 Å². The highest BCUT2D eigenvalue weighted by Crippen LogP contribution is 2.28. The molecule has 0 aliphatic heterocycles. The first kappa shape index (κ1) is 21.0. The summed E-state index contributed by atoms with van der Waals surface area (Å²) in [5, 5.41) is 2.64. The first-order valence-electron chi connectivity index (χ1n) is 8.89. The van der Waals surface area contributed by atoms with Crippen LogP contribution in [-0.4, -0.2) is 32.7 Å². The van der Waals surface area contributed by atoms with Crippen molar-refractivity contribution in [2.24, 2.45) is 0 Å². The van der Waals surface area contributed by atoms with Gasteiger partial charge >= 0.3 is 5.97 Å². The zero-order valence-corrected chi connectivity index (χ0v) is 16.5. The van der Waals surface area contributed by atoms with Gasteiger partial charge in [-0.05, 0) is 35.3 Å². The van der Waals surface area contributed by atoms with E-state index in [1.54, 1.807) is 31.4 Å². The maximum absolute atomic E-state index is 12.0. The van der Waals surface area contributed by atoms with E-state index in [0.29, 0.717) is 23.1 Å². The zero-order valence-electron chi connectivity index (χ0n) is 16.5. The largest absolute Gasteiger partial charge is 0.497 e. The first-order valence-corrected chi connectivity index (χ1v) is 8.89. The Morgan fingerprint density at radius 2 is 1.75 bits per heavy atom. The number of amides is 1. The third-order valence-electron chi connectivity index (χ3n) is 4.04. The van der Waals surface area contributed by atoms with Crippen molar-refractivity contribution in [2.75, 3.05) is 26.1 Å². The Morgan fingerprint density at radius 1 is 1.04 bits per heavy atom. The fourth-order valence-electron chi connectivity index (χ4n) is 2.43. The molecule has 0 saturated carbocycles. The van der Waals surface area contributed by atoms with Crippen molar-refractivity contribution < 1.29 is 23.8 Å². The van der Waals surface area contributed by atoms with Gasteiger partial charge in [0, 0.05) is 12.1 Å². The molecule has 0 bridgehead atoms. The van der Waals surface area contributed by atoms with E-state index >= 15 is 0 Å². The number of esters is 1. The van der Waals surface area contributed by atoms with E-state index in [0.717, 1.165) is 5.56 Å². The van der Waals surface area contributed by atoms with Gasteiger partial charge in [0.05, 0.1) is 19.9 Å². The summed E-state index contributed by atoms with van der Waals surface area (Å²) in [7, 11) is 3.03. The number of benzene rings is 2. The third kappa shape index (κ3) is 6.16. The Bertz CT molecular complexity index is 841. The molecule has 0 unspecified atom stereocenters. The maximum atomic E-state index is 12.0. The van der Waals surface area contributed by atoms with Gasteiger partial charge in [-0.25, -0.2) is 4.79 Å². The Kier molecular flexibility index (Phi) is 7.63. The fourth-order valence-corrected chi connectivity index (χ4v) is 2.43. The van der Waals surface area contributed by atoms with Gasteiger partial charge in [0.1, 0.15) is 11.5 Å². The highest BCUT2D eigenvalue weighted by Gasteiger charge is 2.10. The smallest absolute Gasteiger partial charge is 0.331 e. The average Bonchev–Trinajstić information content (AvgIpc) is 2.71. The van der Waals surface area contributed by atoms with E-state index < -0.39 is 18.5 Å². The summed E-state index contributed by atoms with van der Waals surface area (Å²) < 4.78 is 15.3. The van der Waals surface area contributed by atoms with Crippen LogP contribution in [0.5, 0.6) is 11.5 Å². The monoisotopic (exact) mass is 383 g/mol. The first-order chi connectivity index (χ1) is 13.4. The molecule has 0 atom stereocenters. The molecule has 148 valence electrons. The molecular formula is C22H25NO5. The van der Waals surface area contributed by atoms with E-state index in [4.69, 9.17) is 14.2 Å². The lowest BCUT2D eigenvalue weighted by molar-refractivity contribution is -0.142. The van der Waals surface area contributed by atoms with Crippen LogP contribution in [0.2, 0.25) is 0 Å². The summed E-state index contributed by atoms with van der Waals surface area (Å²) in [4.78, 5) is 23.8. The number of hydrogen-bond donors (Lipinski definition) is 1. The molecule has 28 heavy (non-hydrogen) atoms. The predicted octanol–water partition coefficient (Wildman–Crippen LogP) is 4.02. The number of anilines is 1. The highest BCUT2D eigenvalue weighted by atomic mass is 16.5. The molecule has 1 N–H and O–H groups in total.